The molecule has 0 atom stereocenters. The molecule has 1 aliphatic heterocycles. The van der Waals surface area contributed by atoms with Gasteiger partial charge in [0, 0.05) is 35.6 Å². The van der Waals surface area contributed by atoms with E-state index >= 15 is 0 Å². The van der Waals surface area contributed by atoms with Gasteiger partial charge in [-0.05, 0) is 56.1 Å². The Kier molecular flexibility index (Phi) is 5.12. The molecule has 0 bridgehead atoms. The van der Waals surface area contributed by atoms with Crippen molar-refractivity contribution in [2.75, 3.05) is 24.7 Å². The first-order valence-electron chi connectivity index (χ1n) is 9.04. The van der Waals surface area contributed by atoms with E-state index in [0.717, 1.165) is 23.7 Å². The van der Waals surface area contributed by atoms with Crippen LogP contribution in [0.5, 0.6) is 0 Å². The van der Waals surface area contributed by atoms with Crippen molar-refractivity contribution in [3.63, 3.8) is 0 Å². The first-order valence-corrected chi connectivity index (χ1v) is 10.9. The molecule has 1 aliphatic rings. The third-order valence-corrected chi connectivity index (χ3v) is 7.14. The Balaban J connectivity index is 1.86. The van der Waals surface area contributed by atoms with Crippen molar-refractivity contribution in [3.05, 3.63) is 30.5 Å². The second kappa shape index (κ2) is 7.04. The Morgan fingerprint density at radius 2 is 1.96 bits per heavy atom. The molecule has 142 valence electrons. The molecular weight excluding hydrogens is 350 g/mol. The van der Waals surface area contributed by atoms with Crippen molar-refractivity contribution in [1.29, 1.82) is 0 Å². The summed E-state index contributed by atoms with van der Waals surface area (Å²) in [5, 5.41) is 7.00. The Morgan fingerprint density at radius 1 is 1.27 bits per heavy atom. The summed E-state index contributed by atoms with van der Waals surface area (Å²) in [6.45, 7) is 6.32. The summed E-state index contributed by atoms with van der Waals surface area (Å²) in [7, 11) is -3.51. The Labute approximate surface area is 154 Å². The van der Waals surface area contributed by atoms with Gasteiger partial charge in [-0.15, -0.1) is 0 Å². The smallest absolute Gasteiger partial charge is 0.245 e. The monoisotopic (exact) mass is 377 g/mol. The van der Waals surface area contributed by atoms with Gasteiger partial charge in [-0.2, -0.15) is 0 Å². The fourth-order valence-electron chi connectivity index (χ4n) is 3.67. The number of nitrogens with zero attached hydrogens (tertiary/aromatic N) is 1. The second-order valence-corrected chi connectivity index (χ2v) is 9.93. The lowest BCUT2D eigenvalue weighted by molar-refractivity contribution is -0.119. The highest BCUT2D eigenvalue weighted by Crippen LogP contribution is 2.30. The van der Waals surface area contributed by atoms with Gasteiger partial charge in [0.15, 0.2) is 14.6 Å². The Bertz CT molecular complexity index is 909. The van der Waals surface area contributed by atoms with Crippen LogP contribution in [0, 0.1) is 5.92 Å². The van der Waals surface area contributed by atoms with Crippen molar-refractivity contribution in [1.82, 2.24) is 9.88 Å². The number of amides is 1. The van der Waals surface area contributed by atoms with Crippen LogP contribution in [0.3, 0.4) is 0 Å². The first kappa shape index (κ1) is 18.9. The first-order chi connectivity index (χ1) is 12.2. The minimum Gasteiger partial charge on any atom is -0.347 e. The number of anilines is 1. The molecule has 0 aliphatic carbocycles. The van der Waals surface area contributed by atoms with Gasteiger partial charge in [0.2, 0.25) is 5.91 Å². The molecule has 1 saturated heterocycles. The SMILES string of the molecule is CC(C)Cn1ccc2cc(NC(=O)C3(S(C)(=O)=O)CCNCC3)ccc21. The maximum Gasteiger partial charge on any atom is 0.245 e. The van der Waals surface area contributed by atoms with Crippen LogP contribution in [0.2, 0.25) is 0 Å². The molecule has 1 amide bonds. The largest absolute Gasteiger partial charge is 0.347 e. The fraction of sp³-hybridized carbons (Fsp3) is 0.526. The third kappa shape index (κ3) is 3.50. The van der Waals surface area contributed by atoms with E-state index in [1.807, 2.05) is 30.5 Å². The van der Waals surface area contributed by atoms with Gasteiger partial charge in [0.1, 0.15) is 0 Å². The number of sulfone groups is 1. The van der Waals surface area contributed by atoms with Crippen LogP contribution in [0.1, 0.15) is 26.7 Å². The molecule has 2 N–H and O–H groups in total. The molecule has 0 unspecified atom stereocenters. The van der Waals surface area contributed by atoms with E-state index in [2.05, 4.69) is 29.0 Å². The van der Waals surface area contributed by atoms with Gasteiger partial charge in [-0.1, -0.05) is 13.8 Å². The van der Waals surface area contributed by atoms with Crippen LogP contribution >= 0.6 is 0 Å². The molecule has 7 heteroatoms. The maximum absolute atomic E-state index is 12.9. The molecule has 6 nitrogen and oxygen atoms in total. The lowest BCUT2D eigenvalue weighted by Crippen LogP contribution is -2.55. The predicted octanol–water partition coefficient (Wildman–Crippen LogP) is 2.40. The molecule has 0 saturated carbocycles. The molecular formula is C19H27N3O3S. The van der Waals surface area contributed by atoms with Crippen LogP contribution in [0.4, 0.5) is 5.69 Å². The number of hydrogen-bond acceptors (Lipinski definition) is 4. The molecule has 1 fully saturated rings. The molecule has 0 radical (unpaired) electrons. The standard InChI is InChI=1S/C19H27N3O3S/c1-14(2)13-22-11-6-15-12-16(4-5-17(15)22)21-18(23)19(26(3,24)25)7-9-20-10-8-19/h4-6,11-12,14,20H,7-10,13H2,1-3H3,(H,21,23). The van der Waals surface area contributed by atoms with E-state index < -0.39 is 20.5 Å². The van der Waals surface area contributed by atoms with Crippen molar-refractivity contribution in [2.24, 2.45) is 5.92 Å². The van der Waals surface area contributed by atoms with E-state index in [4.69, 9.17) is 0 Å². The van der Waals surface area contributed by atoms with Crippen molar-refractivity contribution < 1.29 is 13.2 Å². The number of nitrogens with one attached hydrogen (secondary N) is 2. The number of carbonyl (C=O) groups excluding carboxylic acids is 1. The molecule has 2 heterocycles. The van der Waals surface area contributed by atoms with Crippen molar-refractivity contribution >= 4 is 32.3 Å². The highest BCUT2D eigenvalue weighted by molar-refractivity contribution is 7.92. The second-order valence-electron chi connectivity index (χ2n) is 7.61. The number of fused-ring (bicyclic) bond motifs is 1. The summed E-state index contributed by atoms with van der Waals surface area (Å²) >= 11 is 0. The summed E-state index contributed by atoms with van der Waals surface area (Å²) in [6.07, 6.45) is 3.80. The van der Waals surface area contributed by atoms with E-state index in [9.17, 15) is 13.2 Å². The predicted molar refractivity (Wildman–Crippen MR) is 105 cm³/mol. The van der Waals surface area contributed by atoms with Gasteiger partial charge < -0.3 is 15.2 Å². The molecule has 0 spiro atoms. The maximum atomic E-state index is 12.9. The minimum absolute atomic E-state index is 0.296. The normalized spacial score (nSPS) is 17.5. The number of piperidine rings is 1. The van der Waals surface area contributed by atoms with Crippen LogP contribution in [0.25, 0.3) is 10.9 Å². The average molecular weight is 378 g/mol. The summed E-state index contributed by atoms with van der Waals surface area (Å²) < 4.78 is 25.6. The zero-order chi connectivity index (χ0) is 18.9. The van der Waals surface area contributed by atoms with E-state index in [0.29, 0.717) is 37.5 Å². The average Bonchev–Trinajstić information content (AvgIpc) is 2.96. The lowest BCUT2D eigenvalue weighted by Gasteiger charge is -2.34. The van der Waals surface area contributed by atoms with Crippen LogP contribution in [-0.4, -0.2) is 43.0 Å². The lowest BCUT2D eigenvalue weighted by atomic mass is 9.95. The van der Waals surface area contributed by atoms with Crippen LogP contribution in [-0.2, 0) is 21.2 Å². The number of hydrogen-bond donors (Lipinski definition) is 2. The molecule has 26 heavy (non-hydrogen) atoms. The Morgan fingerprint density at radius 3 is 2.58 bits per heavy atom. The zero-order valence-electron chi connectivity index (χ0n) is 15.6. The highest BCUT2D eigenvalue weighted by atomic mass is 32.2. The highest BCUT2D eigenvalue weighted by Gasteiger charge is 2.48. The van der Waals surface area contributed by atoms with E-state index in [1.54, 1.807) is 0 Å². The molecule has 1 aromatic carbocycles. The molecule has 2 aromatic rings. The summed E-state index contributed by atoms with van der Waals surface area (Å²) in [5.74, 6) is 0.113. The van der Waals surface area contributed by atoms with Crippen molar-refractivity contribution in [3.8, 4) is 0 Å². The minimum atomic E-state index is -3.51. The zero-order valence-corrected chi connectivity index (χ0v) is 16.4. The Hall–Kier alpha value is -1.86. The summed E-state index contributed by atoms with van der Waals surface area (Å²) in [4.78, 5) is 12.9. The number of benzene rings is 1. The third-order valence-electron chi connectivity index (χ3n) is 5.13. The van der Waals surface area contributed by atoms with Crippen LogP contribution in [0.15, 0.2) is 30.5 Å². The molecule has 3 rings (SSSR count). The summed E-state index contributed by atoms with van der Waals surface area (Å²) in [5.41, 5.74) is 1.74. The summed E-state index contributed by atoms with van der Waals surface area (Å²) in [6, 6.07) is 7.74. The van der Waals surface area contributed by atoms with E-state index in [1.165, 1.54) is 0 Å². The quantitative estimate of drug-likeness (QED) is 0.838. The van der Waals surface area contributed by atoms with Gasteiger partial charge in [0.05, 0.1) is 0 Å². The topological polar surface area (TPSA) is 80.2 Å². The van der Waals surface area contributed by atoms with Gasteiger partial charge >= 0.3 is 0 Å². The van der Waals surface area contributed by atoms with Crippen LogP contribution < -0.4 is 10.6 Å². The van der Waals surface area contributed by atoms with Crippen molar-refractivity contribution in [2.45, 2.75) is 38.0 Å². The fourth-order valence-corrected chi connectivity index (χ4v) is 5.01. The van der Waals surface area contributed by atoms with E-state index in [-0.39, 0.29) is 0 Å². The number of aromatic nitrogens is 1. The van der Waals surface area contributed by atoms with Gasteiger partial charge in [-0.3, -0.25) is 4.79 Å². The van der Waals surface area contributed by atoms with Gasteiger partial charge in [-0.25, -0.2) is 8.42 Å². The van der Waals surface area contributed by atoms with Gasteiger partial charge in [0.25, 0.3) is 0 Å². The molecule has 1 aromatic heterocycles. The number of carbonyl (C=O) groups is 1. The number of rotatable bonds is 5.